The first-order valence-corrected chi connectivity index (χ1v) is 9.07. The molecule has 134 valence electrons. The monoisotopic (exact) mass is 326 g/mol. The van der Waals surface area contributed by atoms with E-state index in [1.165, 1.54) is 0 Å². The molecule has 6 nitrogen and oxygen atoms in total. The van der Waals surface area contributed by atoms with Crippen LogP contribution in [0.1, 0.15) is 33.6 Å². The summed E-state index contributed by atoms with van der Waals surface area (Å²) in [6, 6.07) is 0. The van der Waals surface area contributed by atoms with Crippen LogP contribution < -0.4 is 10.6 Å². The molecule has 2 rings (SSSR count). The Bertz CT molecular complexity index is 364. The van der Waals surface area contributed by atoms with Gasteiger partial charge < -0.3 is 20.1 Å². The molecule has 0 amide bonds. The van der Waals surface area contributed by atoms with E-state index in [1.807, 2.05) is 0 Å². The summed E-state index contributed by atoms with van der Waals surface area (Å²) in [5.74, 6) is 1.48. The van der Waals surface area contributed by atoms with E-state index >= 15 is 0 Å². The van der Waals surface area contributed by atoms with Crippen LogP contribution in [0.2, 0.25) is 0 Å². The van der Waals surface area contributed by atoms with Crippen molar-refractivity contribution in [2.45, 2.75) is 39.2 Å². The molecule has 2 heterocycles. The van der Waals surface area contributed by atoms with Crippen molar-refractivity contribution in [3.05, 3.63) is 0 Å². The van der Waals surface area contributed by atoms with Crippen LogP contribution in [0.25, 0.3) is 0 Å². The number of aliphatic imine (C=N–C) groups is 1. The Hall–Kier alpha value is -0.850. The molecule has 0 aromatic rings. The largest absolute Gasteiger partial charge is 0.379 e. The van der Waals surface area contributed by atoms with E-state index < -0.39 is 0 Å². The van der Waals surface area contributed by atoms with Crippen molar-refractivity contribution in [2.75, 3.05) is 59.1 Å². The Kier molecular flexibility index (Phi) is 7.59. The van der Waals surface area contributed by atoms with E-state index in [1.54, 1.807) is 0 Å². The molecule has 23 heavy (non-hydrogen) atoms. The van der Waals surface area contributed by atoms with Gasteiger partial charge in [-0.3, -0.25) is 9.89 Å². The maximum atomic E-state index is 5.81. The van der Waals surface area contributed by atoms with Gasteiger partial charge in [0.1, 0.15) is 0 Å². The van der Waals surface area contributed by atoms with E-state index in [9.17, 15) is 0 Å². The predicted octanol–water partition coefficient (Wildman–Crippen LogP) is 1.08. The molecule has 2 fully saturated rings. The summed E-state index contributed by atoms with van der Waals surface area (Å²) in [5, 5.41) is 6.81. The lowest BCUT2D eigenvalue weighted by Gasteiger charge is -2.29. The SMILES string of the molecule is CCNC(=NCC1(C)CCCO1)NCC(C)CN1CCOCC1. The van der Waals surface area contributed by atoms with Crippen molar-refractivity contribution < 1.29 is 9.47 Å². The van der Waals surface area contributed by atoms with Crippen LogP contribution in [0.3, 0.4) is 0 Å². The smallest absolute Gasteiger partial charge is 0.191 e. The molecule has 2 unspecified atom stereocenters. The van der Waals surface area contributed by atoms with Crippen molar-refractivity contribution in [3.63, 3.8) is 0 Å². The van der Waals surface area contributed by atoms with Gasteiger partial charge in [0.15, 0.2) is 5.96 Å². The summed E-state index contributed by atoms with van der Waals surface area (Å²) in [6.45, 7) is 14.9. The molecule has 0 bridgehead atoms. The van der Waals surface area contributed by atoms with Crippen LogP contribution in [-0.2, 0) is 9.47 Å². The number of hydrogen-bond donors (Lipinski definition) is 2. The third-order valence-electron chi connectivity index (χ3n) is 4.51. The highest BCUT2D eigenvalue weighted by Crippen LogP contribution is 2.24. The molecule has 2 atom stereocenters. The Morgan fingerprint density at radius 3 is 2.70 bits per heavy atom. The summed E-state index contributed by atoms with van der Waals surface area (Å²) < 4.78 is 11.2. The number of morpholine rings is 1. The van der Waals surface area contributed by atoms with Crippen molar-refractivity contribution in [1.29, 1.82) is 0 Å². The van der Waals surface area contributed by atoms with Gasteiger partial charge in [-0.25, -0.2) is 0 Å². The lowest BCUT2D eigenvalue weighted by atomic mass is 10.0. The Morgan fingerprint density at radius 2 is 2.04 bits per heavy atom. The molecule has 6 heteroatoms. The molecule has 0 spiro atoms. The van der Waals surface area contributed by atoms with Gasteiger partial charge in [-0.15, -0.1) is 0 Å². The van der Waals surface area contributed by atoms with Gasteiger partial charge in [0, 0.05) is 39.3 Å². The van der Waals surface area contributed by atoms with Gasteiger partial charge in [-0.05, 0) is 32.6 Å². The van der Waals surface area contributed by atoms with Crippen molar-refractivity contribution in [2.24, 2.45) is 10.9 Å². The van der Waals surface area contributed by atoms with Crippen LogP contribution in [0.4, 0.5) is 0 Å². The molecule has 0 radical (unpaired) electrons. The highest BCUT2D eigenvalue weighted by molar-refractivity contribution is 5.79. The predicted molar refractivity (Wildman–Crippen MR) is 94.0 cm³/mol. The quantitative estimate of drug-likeness (QED) is 0.542. The van der Waals surface area contributed by atoms with Gasteiger partial charge in [0.2, 0.25) is 0 Å². The van der Waals surface area contributed by atoms with Gasteiger partial charge in [0.05, 0.1) is 25.4 Å². The molecule has 0 saturated carbocycles. The van der Waals surface area contributed by atoms with E-state index in [4.69, 9.17) is 14.5 Å². The molecular formula is C17H34N4O2. The standard InChI is InChI=1S/C17H34N4O2/c1-4-18-16(20-14-17(3)6-5-9-23-17)19-12-15(2)13-21-7-10-22-11-8-21/h15H,4-14H2,1-3H3,(H2,18,19,20). The summed E-state index contributed by atoms with van der Waals surface area (Å²) in [6.07, 6.45) is 2.25. The topological polar surface area (TPSA) is 58.1 Å². The minimum atomic E-state index is -0.0816. The lowest BCUT2D eigenvalue weighted by molar-refractivity contribution is 0.0283. The number of hydrogen-bond acceptors (Lipinski definition) is 4. The fraction of sp³-hybridized carbons (Fsp3) is 0.941. The zero-order chi connectivity index (χ0) is 16.5. The number of guanidine groups is 1. The minimum absolute atomic E-state index is 0.0816. The Morgan fingerprint density at radius 1 is 1.26 bits per heavy atom. The van der Waals surface area contributed by atoms with E-state index in [0.29, 0.717) is 5.92 Å². The van der Waals surface area contributed by atoms with Crippen molar-refractivity contribution >= 4 is 5.96 Å². The Labute approximate surface area is 141 Å². The van der Waals surface area contributed by atoms with Crippen LogP contribution in [0.15, 0.2) is 4.99 Å². The molecule has 0 aliphatic carbocycles. The summed E-state index contributed by atoms with van der Waals surface area (Å²) in [4.78, 5) is 7.20. The van der Waals surface area contributed by atoms with Crippen LogP contribution in [0.5, 0.6) is 0 Å². The van der Waals surface area contributed by atoms with Crippen LogP contribution in [-0.4, -0.2) is 75.5 Å². The van der Waals surface area contributed by atoms with E-state index in [2.05, 4.69) is 36.3 Å². The number of rotatable bonds is 7. The zero-order valence-corrected chi connectivity index (χ0v) is 15.1. The second kappa shape index (κ2) is 9.45. The van der Waals surface area contributed by atoms with Crippen molar-refractivity contribution in [3.8, 4) is 0 Å². The molecule has 0 aromatic heterocycles. The third kappa shape index (κ3) is 6.65. The first kappa shape index (κ1) is 18.5. The number of nitrogens with zero attached hydrogens (tertiary/aromatic N) is 2. The lowest BCUT2D eigenvalue weighted by Crippen LogP contribution is -2.44. The van der Waals surface area contributed by atoms with E-state index in [0.717, 1.165) is 77.9 Å². The summed E-state index contributed by atoms with van der Waals surface area (Å²) >= 11 is 0. The second-order valence-electron chi connectivity index (χ2n) is 7.00. The normalized spacial score (nSPS) is 27.9. The fourth-order valence-electron chi connectivity index (χ4n) is 3.11. The highest BCUT2D eigenvalue weighted by Gasteiger charge is 2.29. The average Bonchev–Trinajstić information content (AvgIpc) is 2.98. The summed E-state index contributed by atoms with van der Waals surface area (Å²) in [7, 11) is 0. The maximum absolute atomic E-state index is 5.81. The maximum Gasteiger partial charge on any atom is 0.191 e. The zero-order valence-electron chi connectivity index (χ0n) is 15.1. The molecule has 2 saturated heterocycles. The van der Waals surface area contributed by atoms with Gasteiger partial charge >= 0.3 is 0 Å². The first-order chi connectivity index (χ1) is 11.1. The second-order valence-corrected chi connectivity index (χ2v) is 7.00. The summed E-state index contributed by atoms with van der Waals surface area (Å²) in [5.41, 5.74) is -0.0816. The van der Waals surface area contributed by atoms with E-state index in [-0.39, 0.29) is 5.60 Å². The Balaban J connectivity index is 1.74. The molecular weight excluding hydrogens is 292 g/mol. The molecule has 0 aromatic carbocycles. The molecule has 2 aliphatic heterocycles. The van der Waals surface area contributed by atoms with Crippen LogP contribution in [0, 0.1) is 5.92 Å². The average molecular weight is 326 g/mol. The minimum Gasteiger partial charge on any atom is -0.379 e. The fourth-order valence-corrected chi connectivity index (χ4v) is 3.11. The number of ether oxygens (including phenoxy) is 2. The van der Waals surface area contributed by atoms with Gasteiger partial charge in [0.25, 0.3) is 0 Å². The van der Waals surface area contributed by atoms with Gasteiger partial charge in [-0.2, -0.15) is 0 Å². The first-order valence-electron chi connectivity index (χ1n) is 9.07. The van der Waals surface area contributed by atoms with Crippen LogP contribution >= 0.6 is 0 Å². The molecule has 2 aliphatic rings. The molecule has 2 N–H and O–H groups in total. The third-order valence-corrected chi connectivity index (χ3v) is 4.51. The van der Waals surface area contributed by atoms with Crippen molar-refractivity contribution in [1.82, 2.24) is 15.5 Å². The highest BCUT2D eigenvalue weighted by atomic mass is 16.5. The van der Waals surface area contributed by atoms with Gasteiger partial charge in [-0.1, -0.05) is 6.92 Å². The number of nitrogens with one attached hydrogen (secondary N) is 2.